The molecule has 0 spiro atoms. The monoisotopic (exact) mass is 237 g/mol. The van der Waals surface area contributed by atoms with E-state index in [1.165, 1.54) is 0 Å². The molecule has 1 saturated heterocycles. The second kappa shape index (κ2) is 3.77. The molecule has 90 valence electrons. The van der Waals surface area contributed by atoms with Crippen LogP contribution in [-0.2, 0) is 0 Å². The van der Waals surface area contributed by atoms with Crippen LogP contribution in [0, 0.1) is 17.6 Å². The molecule has 1 fully saturated rings. The lowest BCUT2D eigenvalue weighted by Crippen LogP contribution is -2.44. The highest BCUT2D eigenvalue weighted by Gasteiger charge is 2.26. The topological polar surface area (TPSA) is 40.7 Å². The van der Waals surface area contributed by atoms with Crippen molar-refractivity contribution in [1.29, 1.82) is 0 Å². The van der Waals surface area contributed by atoms with Crippen LogP contribution in [0.5, 0.6) is 0 Å². The third kappa shape index (κ3) is 1.70. The number of hydrogen-bond donors (Lipinski definition) is 2. The number of aromatic amines is 1. The fourth-order valence-corrected chi connectivity index (χ4v) is 2.13. The Balaban J connectivity index is 2.00. The third-order valence-electron chi connectivity index (χ3n) is 3.49. The molecule has 1 atom stereocenters. The summed E-state index contributed by atoms with van der Waals surface area (Å²) < 4.78 is 26.1. The zero-order valence-electron chi connectivity index (χ0n) is 9.43. The molecular formula is C12H13F2N3. The van der Waals surface area contributed by atoms with E-state index in [4.69, 9.17) is 0 Å². The fourth-order valence-electron chi connectivity index (χ4n) is 2.13. The molecule has 0 saturated carbocycles. The zero-order chi connectivity index (χ0) is 12.0. The second-order valence-corrected chi connectivity index (χ2v) is 4.61. The van der Waals surface area contributed by atoms with Crippen LogP contribution in [0.25, 0.3) is 11.0 Å². The predicted octanol–water partition coefficient (Wildman–Crippen LogP) is 2.16. The van der Waals surface area contributed by atoms with Gasteiger partial charge in [0.1, 0.15) is 5.82 Å². The molecule has 1 aromatic carbocycles. The molecule has 3 nitrogen and oxygen atoms in total. The number of imidazole rings is 1. The van der Waals surface area contributed by atoms with Gasteiger partial charge in [-0.3, -0.25) is 0 Å². The predicted molar refractivity (Wildman–Crippen MR) is 60.8 cm³/mol. The van der Waals surface area contributed by atoms with Crippen LogP contribution in [0.3, 0.4) is 0 Å². The highest BCUT2D eigenvalue weighted by molar-refractivity contribution is 5.75. The molecule has 17 heavy (non-hydrogen) atoms. The lowest BCUT2D eigenvalue weighted by molar-refractivity contribution is 0.297. The smallest absolute Gasteiger partial charge is 0.161 e. The van der Waals surface area contributed by atoms with Crippen molar-refractivity contribution in [2.24, 2.45) is 5.92 Å². The van der Waals surface area contributed by atoms with E-state index in [9.17, 15) is 8.78 Å². The molecule has 1 aromatic heterocycles. The lowest BCUT2D eigenvalue weighted by Gasteiger charge is -2.31. The van der Waals surface area contributed by atoms with Gasteiger partial charge in [0.25, 0.3) is 0 Å². The van der Waals surface area contributed by atoms with Crippen molar-refractivity contribution in [1.82, 2.24) is 15.3 Å². The summed E-state index contributed by atoms with van der Waals surface area (Å²) in [6.07, 6.45) is 0. The molecule has 2 aromatic rings. The van der Waals surface area contributed by atoms with E-state index in [1.807, 2.05) is 0 Å². The average Bonchev–Trinajstić information content (AvgIpc) is 2.59. The van der Waals surface area contributed by atoms with Gasteiger partial charge in [-0.2, -0.15) is 0 Å². The molecule has 0 radical (unpaired) electrons. The van der Waals surface area contributed by atoms with E-state index >= 15 is 0 Å². The van der Waals surface area contributed by atoms with Crippen molar-refractivity contribution in [3.63, 3.8) is 0 Å². The molecule has 0 amide bonds. The standard InChI is InChI=1S/C12H13F2N3/c1-6(7-4-15-5-7)12-16-10-2-8(13)9(14)3-11(10)17-12/h2-3,6-7,15H,4-5H2,1H3,(H,16,17). The van der Waals surface area contributed by atoms with Crippen LogP contribution >= 0.6 is 0 Å². The van der Waals surface area contributed by atoms with Crippen molar-refractivity contribution in [3.8, 4) is 0 Å². The number of hydrogen-bond acceptors (Lipinski definition) is 2. The van der Waals surface area contributed by atoms with Crippen LogP contribution in [0.2, 0.25) is 0 Å². The maximum atomic E-state index is 13.1. The molecular weight excluding hydrogens is 224 g/mol. The summed E-state index contributed by atoms with van der Waals surface area (Å²) in [7, 11) is 0. The molecule has 0 bridgehead atoms. The summed E-state index contributed by atoms with van der Waals surface area (Å²) >= 11 is 0. The number of halogens is 2. The molecule has 0 aliphatic carbocycles. The van der Waals surface area contributed by atoms with Gasteiger partial charge in [0.15, 0.2) is 11.6 Å². The SMILES string of the molecule is CC(c1nc2cc(F)c(F)cc2[nH]1)C1CNC1. The first-order valence-corrected chi connectivity index (χ1v) is 5.70. The lowest BCUT2D eigenvalue weighted by atomic mass is 9.88. The van der Waals surface area contributed by atoms with E-state index in [0.29, 0.717) is 17.0 Å². The fraction of sp³-hybridized carbons (Fsp3) is 0.417. The normalized spacial score (nSPS) is 18.3. The summed E-state index contributed by atoms with van der Waals surface area (Å²) in [5.74, 6) is -0.0734. The molecule has 1 aliphatic heterocycles. The Morgan fingerprint density at radius 1 is 1.29 bits per heavy atom. The highest BCUT2D eigenvalue weighted by atomic mass is 19.2. The summed E-state index contributed by atoms with van der Waals surface area (Å²) in [5, 5.41) is 3.20. The van der Waals surface area contributed by atoms with Crippen molar-refractivity contribution < 1.29 is 8.78 Å². The Hall–Kier alpha value is -1.49. The van der Waals surface area contributed by atoms with Crippen LogP contribution < -0.4 is 5.32 Å². The summed E-state index contributed by atoms with van der Waals surface area (Å²) in [6.45, 7) is 4.03. The minimum absolute atomic E-state index is 0.273. The van der Waals surface area contributed by atoms with Gasteiger partial charge in [-0.15, -0.1) is 0 Å². The van der Waals surface area contributed by atoms with E-state index < -0.39 is 11.6 Å². The Morgan fingerprint density at radius 2 is 2.00 bits per heavy atom. The molecule has 2 heterocycles. The maximum absolute atomic E-state index is 13.1. The Kier molecular flexibility index (Phi) is 2.36. The van der Waals surface area contributed by atoms with Crippen LogP contribution in [0.15, 0.2) is 12.1 Å². The number of H-pyrrole nitrogens is 1. The number of benzene rings is 1. The number of nitrogens with one attached hydrogen (secondary N) is 2. The van der Waals surface area contributed by atoms with Gasteiger partial charge in [-0.25, -0.2) is 13.8 Å². The second-order valence-electron chi connectivity index (χ2n) is 4.61. The number of fused-ring (bicyclic) bond motifs is 1. The molecule has 3 rings (SSSR count). The van der Waals surface area contributed by atoms with E-state index in [0.717, 1.165) is 31.0 Å². The maximum Gasteiger partial charge on any atom is 0.161 e. The quantitative estimate of drug-likeness (QED) is 0.840. The van der Waals surface area contributed by atoms with Gasteiger partial charge in [-0.1, -0.05) is 6.92 Å². The minimum atomic E-state index is -0.853. The Morgan fingerprint density at radius 3 is 2.65 bits per heavy atom. The van der Waals surface area contributed by atoms with E-state index in [2.05, 4.69) is 22.2 Å². The number of aromatic nitrogens is 2. The molecule has 1 aliphatic rings. The first-order chi connectivity index (χ1) is 8.15. The first kappa shape index (κ1) is 10.7. The zero-order valence-corrected chi connectivity index (χ0v) is 9.43. The first-order valence-electron chi connectivity index (χ1n) is 5.70. The van der Waals surface area contributed by atoms with Crippen molar-refractivity contribution >= 4 is 11.0 Å². The Labute approximate surface area is 97.2 Å². The van der Waals surface area contributed by atoms with Gasteiger partial charge >= 0.3 is 0 Å². The van der Waals surface area contributed by atoms with Gasteiger partial charge in [-0.05, 0) is 19.0 Å². The summed E-state index contributed by atoms with van der Waals surface area (Å²) in [6, 6.07) is 2.29. The molecule has 2 N–H and O–H groups in total. The van der Waals surface area contributed by atoms with Gasteiger partial charge in [0.2, 0.25) is 0 Å². The Bertz CT molecular complexity index is 521. The van der Waals surface area contributed by atoms with Gasteiger partial charge in [0, 0.05) is 18.1 Å². The van der Waals surface area contributed by atoms with Crippen LogP contribution in [-0.4, -0.2) is 23.1 Å². The molecule has 5 heteroatoms. The van der Waals surface area contributed by atoms with Crippen molar-refractivity contribution in [2.45, 2.75) is 12.8 Å². The number of nitrogens with zero attached hydrogens (tertiary/aromatic N) is 1. The van der Waals surface area contributed by atoms with Crippen LogP contribution in [0.1, 0.15) is 18.7 Å². The average molecular weight is 237 g/mol. The van der Waals surface area contributed by atoms with E-state index in [1.54, 1.807) is 0 Å². The van der Waals surface area contributed by atoms with Crippen LogP contribution in [0.4, 0.5) is 8.78 Å². The number of rotatable bonds is 2. The van der Waals surface area contributed by atoms with E-state index in [-0.39, 0.29) is 5.92 Å². The molecule has 1 unspecified atom stereocenters. The summed E-state index contributed by atoms with van der Waals surface area (Å²) in [4.78, 5) is 7.39. The van der Waals surface area contributed by atoms with Crippen molar-refractivity contribution in [2.75, 3.05) is 13.1 Å². The minimum Gasteiger partial charge on any atom is -0.342 e. The highest BCUT2D eigenvalue weighted by Crippen LogP contribution is 2.27. The van der Waals surface area contributed by atoms with Gasteiger partial charge < -0.3 is 10.3 Å². The van der Waals surface area contributed by atoms with Crippen molar-refractivity contribution in [3.05, 3.63) is 29.6 Å². The third-order valence-corrected chi connectivity index (χ3v) is 3.49. The summed E-state index contributed by atoms with van der Waals surface area (Å²) in [5.41, 5.74) is 1.04. The van der Waals surface area contributed by atoms with Gasteiger partial charge in [0.05, 0.1) is 11.0 Å². The largest absolute Gasteiger partial charge is 0.342 e.